The average molecular weight is 579 g/mol. The number of hydrogen-bond acceptors (Lipinski definition) is 5. The monoisotopic (exact) mass is 578 g/mol. The number of aliphatic hydroxyl groups excluding tert-OH is 1. The molecular formula is C33H40F2N4O3. The molecule has 1 aliphatic carbocycles. The van der Waals surface area contributed by atoms with Crippen LogP contribution in [0.2, 0.25) is 0 Å². The smallest absolute Gasteiger partial charge is 0.249 e. The van der Waals surface area contributed by atoms with E-state index < -0.39 is 35.0 Å². The molecule has 9 heteroatoms. The van der Waals surface area contributed by atoms with Crippen molar-refractivity contribution < 1.29 is 23.5 Å². The SMILES string of the molecule is CCCN(CCC)C(=O)C1=CC(C)=CC(C(N)=O)([C@H](Cc2cc(F)cc(F)c2)[C@@H](O)CNC2=NCc3ccccc32)C1. The van der Waals surface area contributed by atoms with E-state index in [1.807, 2.05) is 38.1 Å². The lowest BCUT2D eigenvalue weighted by molar-refractivity contribution is -0.132. The number of nitrogens with one attached hydrogen (secondary N) is 1. The Morgan fingerprint density at radius 1 is 1.12 bits per heavy atom. The number of carbonyl (C=O) groups excluding carboxylic acids is 2. The molecule has 0 radical (unpaired) electrons. The van der Waals surface area contributed by atoms with Gasteiger partial charge in [0.05, 0.1) is 18.1 Å². The summed E-state index contributed by atoms with van der Waals surface area (Å²) < 4.78 is 28.5. The Hall–Kier alpha value is -3.85. The first kappa shape index (κ1) is 31.1. The Balaban J connectivity index is 1.70. The normalized spacial score (nSPS) is 19.2. The zero-order valence-corrected chi connectivity index (χ0v) is 24.5. The standard InChI is InChI=1S/C33H40F2N4O3/c1-4-10-39(11-5-2)31(41)24-12-21(3)17-33(18-24,32(36)42)28(15-22-13-25(34)16-26(35)14-22)29(40)20-38-30-27-9-7-6-8-23(27)19-37-30/h6-9,12-14,16-17,28-29,40H,4-5,10-11,15,18-20H2,1-3H3,(H2,36,42)(H,37,38)/t28-,29+,33?/m1/s1. The summed E-state index contributed by atoms with van der Waals surface area (Å²) in [5, 5.41) is 14.9. The van der Waals surface area contributed by atoms with Crippen LogP contribution in [0.3, 0.4) is 0 Å². The summed E-state index contributed by atoms with van der Waals surface area (Å²) >= 11 is 0. The number of amidine groups is 1. The summed E-state index contributed by atoms with van der Waals surface area (Å²) in [6, 6.07) is 10.9. The highest BCUT2D eigenvalue weighted by Gasteiger charge is 2.48. The third kappa shape index (κ3) is 6.78. The van der Waals surface area contributed by atoms with E-state index in [4.69, 9.17) is 5.73 Å². The molecule has 4 N–H and O–H groups in total. The number of primary amides is 1. The van der Waals surface area contributed by atoms with Crippen LogP contribution in [0.1, 0.15) is 56.7 Å². The highest BCUT2D eigenvalue weighted by atomic mass is 19.1. The summed E-state index contributed by atoms with van der Waals surface area (Å²) in [4.78, 5) is 33.4. The maximum Gasteiger partial charge on any atom is 0.249 e. The number of aliphatic imine (C=N–C) groups is 1. The van der Waals surface area contributed by atoms with Crippen molar-refractivity contribution in [3.63, 3.8) is 0 Å². The van der Waals surface area contributed by atoms with E-state index in [-0.39, 0.29) is 30.9 Å². The van der Waals surface area contributed by atoms with Crippen molar-refractivity contribution in [1.29, 1.82) is 0 Å². The number of nitrogens with zero attached hydrogens (tertiary/aromatic N) is 2. The molecular weight excluding hydrogens is 538 g/mol. The van der Waals surface area contributed by atoms with Gasteiger partial charge in [0, 0.05) is 42.8 Å². The van der Waals surface area contributed by atoms with Gasteiger partial charge in [0.25, 0.3) is 0 Å². The number of fused-ring (bicyclic) bond motifs is 1. The van der Waals surface area contributed by atoms with Gasteiger partial charge in [-0.05, 0) is 55.9 Å². The van der Waals surface area contributed by atoms with Gasteiger partial charge in [-0.15, -0.1) is 0 Å². The van der Waals surface area contributed by atoms with Crippen molar-refractivity contribution in [2.75, 3.05) is 19.6 Å². The van der Waals surface area contributed by atoms with Crippen LogP contribution in [0.5, 0.6) is 0 Å². The third-order valence-corrected chi connectivity index (χ3v) is 8.04. The molecule has 0 spiro atoms. The van der Waals surface area contributed by atoms with Gasteiger partial charge < -0.3 is 21.1 Å². The van der Waals surface area contributed by atoms with E-state index in [9.17, 15) is 23.5 Å². The zero-order valence-electron chi connectivity index (χ0n) is 24.5. The van der Waals surface area contributed by atoms with Gasteiger partial charge in [-0.25, -0.2) is 8.78 Å². The fraction of sp³-hybridized carbons (Fsp3) is 0.424. The van der Waals surface area contributed by atoms with Crippen molar-refractivity contribution in [2.24, 2.45) is 22.1 Å². The zero-order chi connectivity index (χ0) is 30.4. The van der Waals surface area contributed by atoms with Gasteiger partial charge in [-0.1, -0.05) is 55.8 Å². The maximum absolute atomic E-state index is 14.2. The second-order valence-corrected chi connectivity index (χ2v) is 11.3. The molecule has 3 atom stereocenters. The summed E-state index contributed by atoms with van der Waals surface area (Å²) in [7, 11) is 0. The molecule has 0 bridgehead atoms. The molecule has 1 aliphatic heterocycles. The van der Waals surface area contributed by atoms with Crippen molar-refractivity contribution in [1.82, 2.24) is 10.2 Å². The number of aliphatic hydroxyl groups is 1. The van der Waals surface area contributed by atoms with E-state index >= 15 is 0 Å². The van der Waals surface area contributed by atoms with E-state index in [1.54, 1.807) is 24.0 Å². The van der Waals surface area contributed by atoms with E-state index in [2.05, 4.69) is 10.3 Å². The maximum atomic E-state index is 14.2. The highest BCUT2D eigenvalue weighted by Crippen LogP contribution is 2.44. The fourth-order valence-electron chi connectivity index (χ4n) is 6.19. The van der Waals surface area contributed by atoms with Crippen molar-refractivity contribution in [2.45, 2.75) is 59.1 Å². The molecule has 2 aliphatic rings. The minimum atomic E-state index is -1.49. The molecule has 0 saturated carbocycles. The molecule has 4 rings (SSSR count). The predicted octanol–water partition coefficient (Wildman–Crippen LogP) is 4.43. The number of amides is 2. The largest absolute Gasteiger partial charge is 0.391 e. The van der Waals surface area contributed by atoms with E-state index in [1.165, 1.54) is 12.1 Å². The minimum absolute atomic E-state index is 0.00232. The second kappa shape index (κ2) is 13.4. The number of hydrogen-bond donors (Lipinski definition) is 3. The lowest BCUT2D eigenvalue weighted by atomic mass is 9.63. The molecule has 1 unspecified atom stereocenters. The van der Waals surface area contributed by atoms with Crippen LogP contribution in [-0.4, -0.2) is 53.4 Å². The summed E-state index contributed by atoms with van der Waals surface area (Å²) in [5.74, 6) is -2.73. The number of halogens is 2. The third-order valence-electron chi connectivity index (χ3n) is 8.04. The molecule has 0 saturated heterocycles. The summed E-state index contributed by atoms with van der Waals surface area (Å²) in [5.41, 5.74) is 7.94. The number of carbonyl (C=O) groups is 2. The van der Waals surface area contributed by atoms with Crippen LogP contribution in [0.4, 0.5) is 8.78 Å². The number of benzene rings is 2. The molecule has 2 amide bonds. The Labute approximate surface area is 246 Å². The average Bonchev–Trinajstić information content (AvgIpc) is 3.36. The molecule has 2 aromatic carbocycles. The van der Waals surface area contributed by atoms with E-state index in [0.29, 0.717) is 36.6 Å². The van der Waals surface area contributed by atoms with Crippen LogP contribution >= 0.6 is 0 Å². The quantitative estimate of drug-likeness (QED) is 0.346. The highest BCUT2D eigenvalue weighted by molar-refractivity contribution is 6.02. The van der Waals surface area contributed by atoms with Gasteiger partial charge >= 0.3 is 0 Å². The van der Waals surface area contributed by atoms with E-state index in [0.717, 1.165) is 30.0 Å². The molecule has 2 aromatic rings. The Bertz CT molecular complexity index is 1390. The Morgan fingerprint density at radius 3 is 2.43 bits per heavy atom. The molecule has 1 heterocycles. The first-order valence-electron chi connectivity index (χ1n) is 14.6. The van der Waals surface area contributed by atoms with Gasteiger partial charge in [0.15, 0.2) is 0 Å². The first-order chi connectivity index (χ1) is 20.1. The van der Waals surface area contributed by atoms with Crippen LogP contribution in [0.25, 0.3) is 0 Å². The minimum Gasteiger partial charge on any atom is -0.391 e. The Morgan fingerprint density at radius 2 is 1.79 bits per heavy atom. The van der Waals surface area contributed by atoms with Gasteiger partial charge in [-0.2, -0.15) is 0 Å². The van der Waals surface area contributed by atoms with Gasteiger partial charge in [-0.3, -0.25) is 14.6 Å². The molecule has 7 nitrogen and oxygen atoms in total. The van der Waals surface area contributed by atoms with Crippen LogP contribution in [0, 0.1) is 23.0 Å². The fourth-order valence-corrected chi connectivity index (χ4v) is 6.19. The van der Waals surface area contributed by atoms with Crippen LogP contribution in [-0.2, 0) is 22.6 Å². The van der Waals surface area contributed by atoms with Crippen LogP contribution in [0.15, 0.2) is 70.8 Å². The van der Waals surface area contributed by atoms with Crippen molar-refractivity contribution in [3.05, 3.63) is 94.1 Å². The lowest BCUT2D eigenvalue weighted by Gasteiger charge is -2.42. The second-order valence-electron chi connectivity index (χ2n) is 11.3. The molecule has 42 heavy (non-hydrogen) atoms. The summed E-state index contributed by atoms with van der Waals surface area (Å²) in [6.45, 7) is 7.42. The predicted molar refractivity (Wildman–Crippen MR) is 159 cm³/mol. The topological polar surface area (TPSA) is 108 Å². The number of allylic oxidation sites excluding steroid dienone is 2. The van der Waals surface area contributed by atoms with Crippen molar-refractivity contribution in [3.8, 4) is 0 Å². The van der Waals surface area contributed by atoms with Crippen molar-refractivity contribution >= 4 is 17.6 Å². The van der Waals surface area contributed by atoms with Gasteiger partial charge in [0.1, 0.15) is 17.5 Å². The lowest BCUT2D eigenvalue weighted by Crippen LogP contribution is -2.52. The molecule has 224 valence electrons. The van der Waals surface area contributed by atoms with Gasteiger partial charge in [0.2, 0.25) is 11.8 Å². The molecule has 0 fully saturated rings. The number of nitrogens with two attached hydrogens (primary N) is 1. The van der Waals surface area contributed by atoms with Crippen LogP contribution < -0.4 is 11.1 Å². The first-order valence-corrected chi connectivity index (χ1v) is 14.6. The molecule has 0 aromatic heterocycles. The Kier molecular flexibility index (Phi) is 9.93. The summed E-state index contributed by atoms with van der Waals surface area (Å²) in [6.07, 6.45) is 3.73. The number of rotatable bonds is 12.